The van der Waals surface area contributed by atoms with Crippen molar-refractivity contribution >= 4 is 23.5 Å². The van der Waals surface area contributed by atoms with Crippen molar-refractivity contribution in [2.24, 2.45) is 0 Å². The molecular formula is C13H9NO6. The molecule has 0 amide bonds. The van der Waals surface area contributed by atoms with E-state index >= 15 is 0 Å². The molecule has 0 radical (unpaired) electrons. The van der Waals surface area contributed by atoms with E-state index in [2.05, 4.69) is 4.74 Å². The third kappa shape index (κ3) is 2.72. The molecule has 1 fully saturated rings. The summed E-state index contributed by atoms with van der Waals surface area (Å²) < 4.78 is 4.47. The standard InChI is InChI=1S/C13H9NO6/c15-10(12-11(16)7-20-13(12)17)5-4-8-2-1-3-9(6-8)14(18)19/h1-6,15H,7H2/b5-4+,12-10?. The molecule has 102 valence electrons. The summed E-state index contributed by atoms with van der Waals surface area (Å²) in [4.78, 5) is 32.5. The van der Waals surface area contributed by atoms with E-state index in [0.717, 1.165) is 6.08 Å². The highest BCUT2D eigenvalue weighted by atomic mass is 16.6. The maximum absolute atomic E-state index is 11.3. The van der Waals surface area contributed by atoms with Gasteiger partial charge in [0.2, 0.25) is 5.78 Å². The van der Waals surface area contributed by atoms with E-state index in [-0.39, 0.29) is 12.3 Å². The molecule has 1 aromatic rings. The first-order valence-corrected chi connectivity index (χ1v) is 5.55. The Hall–Kier alpha value is -2.96. The number of benzene rings is 1. The van der Waals surface area contributed by atoms with Crippen LogP contribution in [0.4, 0.5) is 5.69 Å². The number of non-ortho nitro benzene ring substituents is 1. The van der Waals surface area contributed by atoms with Crippen molar-refractivity contribution in [3.8, 4) is 0 Å². The lowest BCUT2D eigenvalue weighted by Crippen LogP contribution is -2.04. The number of nitro groups is 1. The van der Waals surface area contributed by atoms with Crippen LogP contribution in [0, 0.1) is 10.1 Å². The highest BCUT2D eigenvalue weighted by Gasteiger charge is 2.31. The number of nitrogens with zero attached hydrogens (tertiary/aromatic N) is 1. The maximum atomic E-state index is 11.3. The number of hydrogen-bond donors (Lipinski definition) is 1. The first-order valence-electron chi connectivity index (χ1n) is 5.55. The number of rotatable bonds is 3. The fourth-order valence-electron chi connectivity index (χ4n) is 1.64. The van der Waals surface area contributed by atoms with Crippen LogP contribution in [0.25, 0.3) is 6.08 Å². The second kappa shape index (κ2) is 5.35. The van der Waals surface area contributed by atoms with Crippen molar-refractivity contribution in [1.82, 2.24) is 0 Å². The van der Waals surface area contributed by atoms with Crippen LogP contribution >= 0.6 is 0 Å². The fraction of sp³-hybridized carbons (Fsp3) is 0.0769. The Kier molecular flexibility index (Phi) is 3.60. The van der Waals surface area contributed by atoms with Crippen molar-refractivity contribution in [3.05, 3.63) is 57.4 Å². The number of ether oxygens (including phenoxy) is 1. The summed E-state index contributed by atoms with van der Waals surface area (Å²) >= 11 is 0. The molecule has 1 N–H and O–H groups in total. The highest BCUT2D eigenvalue weighted by molar-refractivity contribution is 6.22. The van der Waals surface area contributed by atoms with Crippen LogP contribution in [-0.4, -0.2) is 28.4 Å². The van der Waals surface area contributed by atoms with Gasteiger partial charge in [0.15, 0.2) is 6.61 Å². The first kappa shape index (κ1) is 13.5. The molecule has 1 aliphatic heterocycles. The van der Waals surface area contributed by atoms with Gasteiger partial charge in [-0.3, -0.25) is 14.9 Å². The van der Waals surface area contributed by atoms with Crippen molar-refractivity contribution in [2.75, 3.05) is 6.61 Å². The Labute approximate surface area is 112 Å². The van der Waals surface area contributed by atoms with Crippen LogP contribution in [0.15, 0.2) is 41.7 Å². The maximum Gasteiger partial charge on any atom is 0.346 e. The zero-order valence-corrected chi connectivity index (χ0v) is 10.1. The van der Waals surface area contributed by atoms with Crippen molar-refractivity contribution in [2.45, 2.75) is 0 Å². The monoisotopic (exact) mass is 275 g/mol. The number of aliphatic hydroxyl groups is 1. The summed E-state index contributed by atoms with van der Waals surface area (Å²) in [5, 5.41) is 20.3. The third-order valence-electron chi connectivity index (χ3n) is 2.59. The molecule has 7 nitrogen and oxygen atoms in total. The van der Waals surface area contributed by atoms with Crippen molar-refractivity contribution < 1.29 is 24.4 Å². The van der Waals surface area contributed by atoms with Crippen LogP contribution in [0.2, 0.25) is 0 Å². The molecule has 0 atom stereocenters. The molecule has 7 heteroatoms. The zero-order valence-electron chi connectivity index (χ0n) is 10.1. The number of nitro benzene ring substituents is 1. The summed E-state index contributed by atoms with van der Waals surface area (Å²) in [5.74, 6) is -2.00. The number of carbonyl (C=O) groups excluding carboxylic acids is 2. The van der Waals surface area contributed by atoms with Crippen LogP contribution in [0.5, 0.6) is 0 Å². The van der Waals surface area contributed by atoms with Gasteiger partial charge in [0.05, 0.1) is 4.92 Å². The summed E-state index contributed by atoms with van der Waals surface area (Å²) in [6.07, 6.45) is 2.48. The predicted molar refractivity (Wildman–Crippen MR) is 67.8 cm³/mol. The van der Waals surface area contributed by atoms with Gasteiger partial charge in [-0.1, -0.05) is 18.2 Å². The smallest absolute Gasteiger partial charge is 0.346 e. The molecule has 0 unspecified atom stereocenters. The second-order valence-electron chi connectivity index (χ2n) is 3.94. The zero-order chi connectivity index (χ0) is 14.7. The van der Waals surface area contributed by atoms with E-state index in [1.165, 1.54) is 24.3 Å². The lowest BCUT2D eigenvalue weighted by molar-refractivity contribution is -0.384. The summed E-state index contributed by atoms with van der Waals surface area (Å²) in [6.45, 7) is -0.386. The molecule has 0 aromatic heterocycles. The Morgan fingerprint density at radius 3 is 2.75 bits per heavy atom. The van der Waals surface area contributed by atoms with E-state index in [1.54, 1.807) is 6.07 Å². The number of esters is 1. The molecule has 2 rings (SSSR count). The molecule has 0 saturated carbocycles. The molecule has 1 aliphatic rings. The van der Waals surface area contributed by atoms with Gasteiger partial charge in [0.25, 0.3) is 5.69 Å². The summed E-state index contributed by atoms with van der Waals surface area (Å²) in [5.41, 5.74) is -0.0625. The minimum atomic E-state index is -0.879. The number of hydrogen-bond acceptors (Lipinski definition) is 6. The molecule has 1 aromatic carbocycles. The average molecular weight is 275 g/mol. The van der Waals surface area contributed by atoms with Crippen molar-refractivity contribution in [3.63, 3.8) is 0 Å². The van der Waals surface area contributed by atoms with Crippen LogP contribution < -0.4 is 0 Å². The number of Topliss-reactive ketones (excluding diaryl/α,β-unsaturated/α-hetero) is 1. The number of allylic oxidation sites excluding steroid dienone is 1. The normalized spacial score (nSPS) is 17.4. The Bertz CT molecular complexity index is 641. The van der Waals surface area contributed by atoms with Gasteiger partial charge in [-0.05, 0) is 11.6 Å². The van der Waals surface area contributed by atoms with Crippen LogP contribution in [-0.2, 0) is 14.3 Å². The topological polar surface area (TPSA) is 107 Å². The highest BCUT2D eigenvalue weighted by Crippen LogP contribution is 2.17. The molecular weight excluding hydrogens is 266 g/mol. The van der Waals surface area contributed by atoms with Gasteiger partial charge in [0, 0.05) is 12.1 Å². The molecule has 0 spiro atoms. The second-order valence-corrected chi connectivity index (χ2v) is 3.94. The average Bonchev–Trinajstić information content (AvgIpc) is 2.76. The molecule has 20 heavy (non-hydrogen) atoms. The van der Waals surface area contributed by atoms with Gasteiger partial charge in [-0.2, -0.15) is 0 Å². The van der Waals surface area contributed by atoms with E-state index in [4.69, 9.17) is 0 Å². The molecule has 0 bridgehead atoms. The lowest BCUT2D eigenvalue weighted by Gasteiger charge is -1.96. The minimum Gasteiger partial charge on any atom is -0.507 e. The van der Waals surface area contributed by atoms with Gasteiger partial charge in [-0.15, -0.1) is 0 Å². The number of aliphatic hydroxyl groups excluding tert-OH is 1. The van der Waals surface area contributed by atoms with Crippen LogP contribution in [0.1, 0.15) is 5.56 Å². The van der Waals surface area contributed by atoms with Gasteiger partial charge >= 0.3 is 5.97 Å². The molecule has 0 aliphatic carbocycles. The molecule has 1 saturated heterocycles. The molecule has 1 heterocycles. The first-order chi connectivity index (χ1) is 9.49. The van der Waals surface area contributed by atoms with Gasteiger partial charge in [-0.25, -0.2) is 4.79 Å². The fourth-order valence-corrected chi connectivity index (χ4v) is 1.64. The number of carbonyl (C=O) groups is 2. The van der Waals surface area contributed by atoms with Gasteiger partial charge in [0.1, 0.15) is 11.3 Å². The van der Waals surface area contributed by atoms with Gasteiger partial charge < -0.3 is 9.84 Å². The summed E-state index contributed by atoms with van der Waals surface area (Å²) in [7, 11) is 0. The van der Waals surface area contributed by atoms with Crippen LogP contribution in [0.3, 0.4) is 0 Å². The Morgan fingerprint density at radius 2 is 2.15 bits per heavy atom. The van der Waals surface area contributed by atoms with E-state index in [9.17, 15) is 24.8 Å². The Balaban J connectivity index is 2.27. The van der Waals surface area contributed by atoms with E-state index < -0.39 is 28.0 Å². The Morgan fingerprint density at radius 1 is 1.40 bits per heavy atom. The largest absolute Gasteiger partial charge is 0.507 e. The number of cyclic esters (lactones) is 1. The van der Waals surface area contributed by atoms with E-state index in [1.807, 2.05) is 0 Å². The summed E-state index contributed by atoms with van der Waals surface area (Å²) in [6, 6.07) is 5.68. The predicted octanol–water partition coefficient (Wildman–Crippen LogP) is 1.55. The lowest BCUT2D eigenvalue weighted by atomic mass is 10.1. The minimum absolute atomic E-state index is 0.101. The SMILES string of the molecule is O=C1COC(=O)C1=C(O)/C=C/c1cccc([N+](=O)[O-])c1. The quantitative estimate of drug-likeness (QED) is 0.224. The number of ketones is 1. The third-order valence-corrected chi connectivity index (χ3v) is 2.59. The van der Waals surface area contributed by atoms with Crippen molar-refractivity contribution in [1.29, 1.82) is 0 Å². The van der Waals surface area contributed by atoms with E-state index in [0.29, 0.717) is 5.56 Å².